The molecule has 0 atom stereocenters. The van der Waals surface area contributed by atoms with Gasteiger partial charge in [0.25, 0.3) is 0 Å². The molecule has 5 aromatic rings. The van der Waals surface area contributed by atoms with E-state index in [1.165, 1.54) is 0 Å². The first-order valence-corrected chi connectivity index (χ1v) is 13.9. The largest absolute Gasteiger partial charge is 0.480 e. The summed E-state index contributed by atoms with van der Waals surface area (Å²) >= 11 is 7.95. The molecule has 0 spiro atoms. The van der Waals surface area contributed by atoms with Gasteiger partial charge >= 0.3 is 5.97 Å². The Morgan fingerprint density at radius 2 is 1.38 bits per heavy atom. The van der Waals surface area contributed by atoms with Crippen molar-refractivity contribution in [3.8, 4) is 28.3 Å². The van der Waals surface area contributed by atoms with E-state index in [2.05, 4.69) is 64.6 Å². The number of ether oxygens (including phenoxy) is 1. The Bertz CT molecular complexity index is 1520. The summed E-state index contributed by atoms with van der Waals surface area (Å²) in [4.78, 5) is 20.7. The van der Waals surface area contributed by atoms with E-state index in [1.54, 1.807) is 36.3 Å². The molecule has 0 fully saturated rings. The molecule has 0 radical (unpaired) electrons. The lowest BCUT2D eigenvalue weighted by Gasteiger charge is -2.12. The van der Waals surface area contributed by atoms with Crippen LogP contribution < -0.4 is 4.74 Å². The number of aliphatic carboxylic acids is 1. The molecule has 0 aliphatic heterocycles. The summed E-state index contributed by atoms with van der Waals surface area (Å²) in [5.74, 6) is 0.00397. The Morgan fingerprint density at radius 3 is 1.85 bits per heavy atom. The SMILES string of the molecule is O=C(O)COc1ccc(SCC=C(c2ccc(-c3ccccn3)cc2)c2ccc(-c3ccccn3)cc2)cc1Cl. The van der Waals surface area contributed by atoms with E-state index in [0.717, 1.165) is 44.1 Å². The molecule has 2 aromatic heterocycles. The molecule has 198 valence electrons. The molecule has 0 aliphatic rings. The predicted molar refractivity (Wildman–Crippen MR) is 162 cm³/mol. The smallest absolute Gasteiger partial charge is 0.341 e. The lowest BCUT2D eigenvalue weighted by Crippen LogP contribution is -2.09. The van der Waals surface area contributed by atoms with Crippen molar-refractivity contribution in [2.75, 3.05) is 12.4 Å². The zero-order valence-corrected chi connectivity index (χ0v) is 23.0. The molecule has 0 saturated heterocycles. The van der Waals surface area contributed by atoms with Crippen LogP contribution in [0.5, 0.6) is 5.75 Å². The molecule has 2 heterocycles. The number of benzene rings is 3. The quantitative estimate of drug-likeness (QED) is 0.173. The minimum Gasteiger partial charge on any atom is -0.480 e. The lowest BCUT2D eigenvalue weighted by molar-refractivity contribution is -0.139. The molecule has 40 heavy (non-hydrogen) atoms. The van der Waals surface area contributed by atoms with Crippen molar-refractivity contribution in [3.63, 3.8) is 0 Å². The van der Waals surface area contributed by atoms with Crippen molar-refractivity contribution >= 4 is 34.9 Å². The molecule has 5 rings (SSSR count). The number of hydrogen-bond acceptors (Lipinski definition) is 5. The highest BCUT2D eigenvalue weighted by atomic mass is 35.5. The number of hydrogen-bond donors (Lipinski definition) is 1. The van der Waals surface area contributed by atoms with Gasteiger partial charge in [-0.1, -0.05) is 78.3 Å². The summed E-state index contributed by atoms with van der Waals surface area (Å²) in [5.41, 5.74) is 7.29. The number of carboxylic acid groups (broad SMARTS) is 1. The van der Waals surface area contributed by atoms with Crippen LogP contribution in [0.3, 0.4) is 0 Å². The fourth-order valence-corrected chi connectivity index (χ4v) is 5.27. The molecule has 0 aliphatic carbocycles. The molecule has 5 nitrogen and oxygen atoms in total. The topological polar surface area (TPSA) is 72.3 Å². The number of carbonyl (C=O) groups is 1. The van der Waals surface area contributed by atoms with Gasteiger partial charge < -0.3 is 9.84 Å². The summed E-state index contributed by atoms with van der Waals surface area (Å²) in [6.07, 6.45) is 5.80. The molecule has 3 aromatic carbocycles. The fraction of sp³-hybridized carbons (Fsp3) is 0.0606. The first kappa shape index (κ1) is 27.2. The van der Waals surface area contributed by atoms with Gasteiger partial charge in [-0.25, -0.2) is 4.79 Å². The Balaban J connectivity index is 1.40. The normalized spacial score (nSPS) is 10.6. The average molecular weight is 565 g/mol. The van der Waals surface area contributed by atoms with E-state index in [-0.39, 0.29) is 0 Å². The Labute approximate surface area is 242 Å². The van der Waals surface area contributed by atoms with E-state index in [0.29, 0.717) is 16.5 Å². The van der Waals surface area contributed by atoms with Crippen LogP contribution in [0.4, 0.5) is 0 Å². The maximum absolute atomic E-state index is 10.8. The van der Waals surface area contributed by atoms with Crippen LogP contribution >= 0.6 is 23.4 Å². The van der Waals surface area contributed by atoms with E-state index < -0.39 is 12.6 Å². The Hall–Kier alpha value is -4.39. The minimum atomic E-state index is -1.05. The molecule has 0 bridgehead atoms. The van der Waals surface area contributed by atoms with E-state index >= 15 is 0 Å². The number of aromatic nitrogens is 2. The summed E-state index contributed by atoms with van der Waals surface area (Å²) in [7, 11) is 0. The Morgan fingerprint density at radius 1 is 0.800 bits per heavy atom. The number of rotatable bonds is 10. The van der Waals surface area contributed by atoms with Gasteiger partial charge in [0.1, 0.15) is 5.75 Å². The molecule has 0 unspecified atom stereocenters. The highest BCUT2D eigenvalue weighted by Crippen LogP contribution is 2.32. The Kier molecular flexibility index (Phi) is 8.91. The third-order valence-electron chi connectivity index (χ3n) is 6.11. The predicted octanol–water partition coefficient (Wildman–Crippen LogP) is 8.15. The lowest BCUT2D eigenvalue weighted by atomic mass is 9.95. The maximum atomic E-state index is 10.8. The highest BCUT2D eigenvalue weighted by Gasteiger charge is 2.09. The van der Waals surface area contributed by atoms with E-state index in [9.17, 15) is 4.79 Å². The van der Waals surface area contributed by atoms with Gasteiger partial charge in [-0.2, -0.15) is 0 Å². The first-order chi connectivity index (χ1) is 19.6. The summed E-state index contributed by atoms with van der Waals surface area (Å²) < 4.78 is 5.23. The van der Waals surface area contributed by atoms with Gasteiger partial charge in [-0.15, -0.1) is 11.8 Å². The van der Waals surface area contributed by atoms with Crippen molar-refractivity contribution in [2.24, 2.45) is 0 Å². The second kappa shape index (κ2) is 13.1. The number of thioether (sulfide) groups is 1. The van der Waals surface area contributed by atoms with Gasteiger partial charge in [0, 0.05) is 34.2 Å². The van der Waals surface area contributed by atoms with Crippen molar-refractivity contribution in [1.82, 2.24) is 9.97 Å². The summed E-state index contributed by atoms with van der Waals surface area (Å²) in [5, 5.41) is 9.22. The molecule has 0 amide bonds. The number of pyridine rings is 2. The number of carboxylic acids is 1. The second-order valence-corrected chi connectivity index (χ2v) is 10.3. The fourth-order valence-electron chi connectivity index (χ4n) is 4.16. The van der Waals surface area contributed by atoms with Crippen LogP contribution in [0.15, 0.2) is 126 Å². The monoisotopic (exact) mass is 564 g/mol. The molecule has 7 heteroatoms. The minimum absolute atomic E-state index is 0.352. The van der Waals surface area contributed by atoms with Crippen molar-refractivity contribution < 1.29 is 14.6 Å². The van der Waals surface area contributed by atoms with Crippen LogP contribution in [0.2, 0.25) is 5.02 Å². The average Bonchev–Trinajstić information content (AvgIpc) is 3.00. The first-order valence-electron chi connectivity index (χ1n) is 12.6. The molecule has 0 saturated carbocycles. The van der Waals surface area contributed by atoms with Crippen LogP contribution in [0.1, 0.15) is 11.1 Å². The van der Waals surface area contributed by atoms with Crippen molar-refractivity contribution in [2.45, 2.75) is 4.90 Å². The number of nitrogens with zero attached hydrogens (tertiary/aromatic N) is 2. The maximum Gasteiger partial charge on any atom is 0.341 e. The van der Waals surface area contributed by atoms with Gasteiger partial charge in [0.2, 0.25) is 0 Å². The van der Waals surface area contributed by atoms with Crippen LogP contribution in [-0.2, 0) is 4.79 Å². The third kappa shape index (κ3) is 6.97. The van der Waals surface area contributed by atoms with E-state index in [4.69, 9.17) is 21.4 Å². The molecular formula is C33H25ClN2O3S. The number of halogens is 1. The van der Waals surface area contributed by atoms with Crippen LogP contribution in [-0.4, -0.2) is 33.4 Å². The van der Waals surface area contributed by atoms with Crippen molar-refractivity contribution in [1.29, 1.82) is 0 Å². The third-order valence-corrected chi connectivity index (χ3v) is 7.32. The molecule has 1 N–H and O–H groups in total. The van der Waals surface area contributed by atoms with Crippen LogP contribution in [0, 0.1) is 0 Å². The highest BCUT2D eigenvalue weighted by molar-refractivity contribution is 7.99. The van der Waals surface area contributed by atoms with Gasteiger partial charge in [0.05, 0.1) is 16.4 Å². The van der Waals surface area contributed by atoms with Gasteiger partial charge in [-0.3, -0.25) is 9.97 Å². The van der Waals surface area contributed by atoms with Gasteiger partial charge in [-0.05, 0) is 59.2 Å². The standard InChI is InChI=1S/C33H25ClN2O3S/c34-29-21-27(15-16-32(29)39-22-33(37)38)40-20-17-28(23-7-11-25(12-8-23)30-5-1-3-18-35-30)24-9-13-26(14-10-24)31-6-2-4-19-36-31/h1-19,21H,20,22H2,(H,37,38). The summed E-state index contributed by atoms with van der Waals surface area (Å²) in [6, 6.07) is 34.0. The van der Waals surface area contributed by atoms with Crippen molar-refractivity contribution in [3.05, 3.63) is 138 Å². The zero-order chi connectivity index (χ0) is 27.7. The summed E-state index contributed by atoms with van der Waals surface area (Å²) in [6.45, 7) is -0.434. The zero-order valence-electron chi connectivity index (χ0n) is 21.4. The second-order valence-electron chi connectivity index (χ2n) is 8.79. The van der Waals surface area contributed by atoms with Gasteiger partial charge in [0.15, 0.2) is 6.61 Å². The van der Waals surface area contributed by atoms with Crippen LogP contribution in [0.25, 0.3) is 28.1 Å². The molecular weight excluding hydrogens is 540 g/mol. The van der Waals surface area contributed by atoms with E-state index in [1.807, 2.05) is 42.5 Å².